The van der Waals surface area contributed by atoms with Crippen LogP contribution in [-0.4, -0.2) is 43.6 Å². The third-order valence-corrected chi connectivity index (χ3v) is 5.39. The summed E-state index contributed by atoms with van der Waals surface area (Å²) in [6, 6.07) is 8.66. The molecule has 0 aromatic heterocycles. The minimum Gasteiger partial charge on any atom is -0.373 e. The number of thioether (sulfide) groups is 1. The summed E-state index contributed by atoms with van der Waals surface area (Å²) in [6.45, 7) is 1.38. The summed E-state index contributed by atoms with van der Waals surface area (Å²) >= 11 is 1.73. The number of ether oxygens (including phenoxy) is 2. The Morgan fingerprint density at radius 1 is 1.17 bits per heavy atom. The summed E-state index contributed by atoms with van der Waals surface area (Å²) in [7, 11) is 0. The fourth-order valence-corrected chi connectivity index (χ4v) is 3.76. The molecule has 126 valence electrons. The molecule has 1 aliphatic heterocycles. The molecular weight excluding hydrogens is 310 g/mol. The van der Waals surface area contributed by atoms with Crippen LogP contribution in [-0.2, 0) is 20.7 Å². The van der Waals surface area contributed by atoms with Crippen molar-refractivity contribution >= 4 is 17.7 Å². The molecule has 1 aromatic carbocycles. The first-order chi connectivity index (χ1) is 11.2. The number of fused-ring (bicyclic) bond motifs is 1. The van der Waals surface area contributed by atoms with E-state index >= 15 is 0 Å². The molecule has 1 N–H and O–H groups in total. The van der Waals surface area contributed by atoms with Crippen LogP contribution in [0.2, 0.25) is 0 Å². The van der Waals surface area contributed by atoms with Gasteiger partial charge in [-0.15, -0.1) is 11.8 Å². The molecule has 2 aliphatic rings. The second-order valence-electron chi connectivity index (χ2n) is 6.24. The van der Waals surface area contributed by atoms with Crippen LogP contribution in [0.25, 0.3) is 0 Å². The summed E-state index contributed by atoms with van der Waals surface area (Å²) in [5, 5.41) is 3.17. The van der Waals surface area contributed by atoms with Gasteiger partial charge in [0.15, 0.2) is 0 Å². The van der Waals surface area contributed by atoms with Crippen LogP contribution in [0.5, 0.6) is 0 Å². The van der Waals surface area contributed by atoms with E-state index in [1.54, 1.807) is 11.8 Å². The van der Waals surface area contributed by atoms with Gasteiger partial charge >= 0.3 is 0 Å². The first-order valence-electron chi connectivity index (χ1n) is 8.40. The number of rotatable bonds is 5. The second-order valence-corrected chi connectivity index (χ2v) is 7.12. The first kappa shape index (κ1) is 16.8. The number of amides is 1. The summed E-state index contributed by atoms with van der Waals surface area (Å²) < 4.78 is 11.5. The summed E-state index contributed by atoms with van der Waals surface area (Å²) in [5.74, 6) is 0.138. The van der Waals surface area contributed by atoms with Gasteiger partial charge in [-0.05, 0) is 49.6 Å². The van der Waals surface area contributed by atoms with Crippen molar-refractivity contribution in [3.63, 3.8) is 0 Å². The largest absolute Gasteiger partial charge is 0.373 e. The van der Waals surface area contributed by atoms with Gasteiger partial charge in [0.1, 0.15) is 0 Å². The number of carbonyl (C=O) groups is 1. The van der Waals surface area contributed by atoms with Crippen molar-refractivity contribution in [2.24, 2.45) is 0 Å². The number of aryl methyl sites for hydroxylation is 1. The molecule has 1 saturated carbocycles. The van der Waals surface area contributed by atoms with Crippen LogP contribution >= 0.6 is 11.8 Å². The zero-order valence-electron chi connectivity index (χ0n) is 13.6. The predicted molar refractivity (Wildman–Crippen MR) is 91.8 cm³/mol. The van der Waals surface area contributed by atoms with Crippen molar-refractivity contribution in [2.75, 3.05) is 19.5 Å². The minimum absolute atomic E-state index is 0.138. The number of nitrogens with one attached hydrogen (secondary N) is 1. The van der Waals surface area contributed by atoms with E-state index in [2.05, 4.69) is 35.8 Å². The molecule has 0 unspecified atom stereocenters. The van der Waals surface area contributed by atoms with Gasteiger partial charge in [-0.2, -0.15) is 0 Å². The maximum atomic E-state index is 12.2. The smallest absolute Gasteiger partial charge is 0.220 e. The SMILES string of the molecule is CSc1ccc(CCC(=O)N[C@@H]2CC[C@@H]3OCCO[C@H]3C2)cc1. The summed E-state index contributed by atoms with van der Waals surface area (Å²) in [4.78, 5) is 13.4. The van der Waals surface area contributed by atoms with Crippen LogP contribution in [0.1, 0.15) is 31.2 Å². The Hall–Kier alpha value is -1.04. The Morgan fingerprint density at radius 2 is 1.91 bits per heavy atom. The molecule has 23 heavy (non-hydrogen) atoms. The molecule has 1 saturated heterocycles. The molecule has 1 aromatic rings. The van der Waals surface area contributed by atoms with Gasteiger partial charge in [0, 0.05) is 17.4 Å². The molecule has 1 heterocycles. The zero-order chi connectivity index (χ0) is 16.1. The van der Waals surface area contributed by atoms with Gasteiger partial charge in [-0.25, -0.2) is 0 Å². The molecule has 0 spiro atoms. The Labute approximate surface area is 142 Å². The highest BCUT2D eigenvalue weighted by Crippen LogP contribution is 2.26. The van der Waals surface area contributed by atoms with Gasteiger partial charge in [-0.1, -0.05) is 12.1 Å². The average molecular weight is 335 g/mol. The minimum atomic E-state index is 0.138. The summed E-state index contributed by atoms with van der Waals surface area (Å²) in [5.41, 5.74) is 1.21. The van der Waals surface area contributed by atoms with Gasteiger partial charge in [0.05, 0.1) is 25.4 Å². The fraction of sp³-hybridized carbons (Fsp3) is 0.611. The highest BCUT2D eigenvalue weighted by atomic mass is 32.2. The normalized spacial score (nSPS) is 27.3. The van der Waals surface area contributed by atoms with Gasteiger partial charge in [-0.3, -0.25) is 4.79 Å². The molecule has 5 heteroatoms. The van der Waals surface area contributed by atoms with Crippen molar-refractivity contribution < 1.29 is 14.3 Å². The summed E-state index contributed by atoms with van der Waals surface area (Å²) in [6.07, 6.45) is 6.62. The van der Waals surface area contributed by atoms with Gasteiger partial charge < -0.3 is 14.8 Å². The van der Waals surface area contributed by atoms with Crippen molar-refractivity contribution in [1.82, 2.24) is 5.32 Å². The van der Waals surface area contributed by atoms with Gasteiger partial charge in [0.2, 0.25) is 5.91 Å². The lowest BCUT2D eigenvalue weighted by Crippen LogP contribution is -2.49. The maximum Gasteiger partial charge on any atom is 0.220 e. The fourth-order valence-electron chi connectivity index (χ4n) is 3.35. The number of hydrogen-bond donors (Lipinski definition) is 1. The quantitative estimate of drug-likeness (QED) is 0.841. The van der Waals surface area contributed by atoms with E-state index < -0.39 is 0 Å². The topological polar surface area (TPSA) is 47.6 Å². The van der Waals surface area contributed by atoms with Crippen molar-refractivity contribution in [1.29, 1.82) is 0 Å². The lowest BCUT2D eigenvalue weighted by atomic mass is 9.89. The van der Waals surface area contributed by atoms with E-state index in [0.717, 1.165) is 25.7 Å². The van der Waals surface area contributed by atoms with Crippen molar-refractivity contribution in [3.8, 4) is 0 Å². The molecule has 3 atom stereocenters. The Kier molecular flexibility index (Phi) is 5.97. The highest BCUT2D eigenvalue weighted by Gasteiger charge is 2.34. The number of hydrogen-bond acceptors (Lipinski definition) is 4. The van der Waals surface area contributed by atoms with Crippen LogP contribution in [0.4, 0.5) is 0 Å². The number of carbonyl (C=O) groups excluding carboxylic acids is 1. The Bertz CT molecular complexity index is 520. The van der Waals surface area contributed by atoms with Crippen LogP contribution < -0.4 is 5.32 Å². The first-order valence-corrected chi connectivity index (χ1v) is 9.62. The Balaban J connectivity index is 1.42. The molecule has 0 bridgehead atoms. The van der Waals surface area contributed by atoms with E-state index in [1.807, 2.05) is 0 Å². The molecule has 4 nitrogen and oxygen atoms in total. The average Bonchev–Trinajstić information content (AvgIpc) is 2.60. The molecule has 0 radical (unpaired) electrons. The molecule has 3 rings (SSSR count). The lowest BCUT2D eigenvalue weighted by Gasteiger charge is -2.39. The van der Waals surface area contributed by atoms with E-state index in [-0.39, 0.29) is 24.2 Å². The van der Waals surface area contributed by atoms with E-state index in [9.17, 15) is 4.79 Å². The van der Waals surface area contributed by atoms with E-state index in [1.165, 1.54) is 10.5 Å². The Morgan fingerprint density at radius 3 is 2.65 bits per heavy atom. The van der Waals surface area contributed by atoms with E-state index in [0.29, 0.717) is 19.6 Å². The van der Waals surface area contributed by atoms with Crippen LogP contribution in [0.15, 0.2) is 29.2 Å². The molecular formula is C18H25NO3S. The van der Waals surface area contributed by atoms with Crippen molar-refractivity contribution in [2.45, 2.75) is 55.2 Å². The molecule has 2 fully saturated rings. The van der Waals surface area contributed by atoms with Crippen molar-refractivity contribution in [3.05, 3.63) is 29.8 Å². The highest BCUT2D eigenvalue weighted by molar-refractivity contribution is 7.98. The lowest BCUT2D eigenvalue weighted by molar-refractivity contribution is -0.158. The number of benzene rings is 1. The maximum absolute atomic E-state index is 12.2. The zero-order valence-corrected chi connectivity index (χ0v) is 14.4. The molecule has 1 amide bonds. The third kappa shape index (κ3) is 4.72. The predicted octanol–water partition coefficient (Wildman–Crippen LogP) is 2.79. The van der Waals surface area contributed by atoms with Gasteiger partial charge in [0.25, 0.3) is 0 Å². The second kappa shape index (κ2) is 8.18. The van der Waals surface area contributed by atoms with Crippen LogP contribution in [0, 0.1) is 0 Å². The van der Waals surface area contributed by atoms with E-state index in [4.69, 9.17) is 9.47 Å². The molecule has 1 aliphatic carbocycles. The third-order valence-electron chi connectivity index (χ3n) is 4.64. The standard InChI is InChI=1S/C18H25NO3S/c1-23-15-6-2-13(3-7-15)4-9-18(20)19-14-5-8-16-17(12-14)22-11-10-21-16/h2-3,6-7,14,16-17H,4-5,8-12H2,1H3,(H,19,20)/t14-,16+,17+/m1/s1. The van der Waals surface area contributed by atoms with Crippen LogP contribution in [0.3, 0.4) is 0 Å². The monoisotopic (exact) mass is 335 g/mol.